The van der Waals surface area contributed by atoms with Gasteiger partial charge in [-0.2, -0.15) is 0 Å². The number of nitro groups is 1. The molecular formula is C24H25N3O7. The van der Waals surface area contributed by atoms with Crippen LogP contribution in [0.1, 0.15) is 17.2 Å². The van der Waals surface area contributed by atoms with Crippen LogP contribution in [0.5, 0.6) is 5.75 Å². The molecule has 2 aliphatic rings. The predicted octanol–water partition coefficient (Wildman–Crippen LogP) is 2.36. The number of likely N-dealkylation sites (tertiary alicyclic amines) is 1. The molecule has 0 saturated carbocycles. The maximum Gasteiger partial charge on any atom is 0.295 e. The number of nitrogens with zero attached hydrogens (tertiary/aromatic N) is 3. The van der Waals surface area contributed by atoms with E-state index in [-0.39, 0.29) is 23.6 Å². The van der Waals surface area contributed by atoms with Crippen LogP contribution < -0.4 is 4.74 Å². The van der Waals surface area contributed by atoms with Crippen molar-refractivity contribution in [1.82, 2.24) is 9.80 Å². The van der Waals surface area contributed by atoms with Crippen molar-refractivity contribution in [3.8, 4) is 5.75 Å². The molecule has 2 fully saturated rings. The summed E-state index contributed by atoms with van der Waals surface area (Å²) in [6.45, 7) is 3.31. The Morgan fingerprint density at radius 3 is 2.50 bits per heavy atom. The zero-order valence-corrected chi connectivity index (χ0v) is 18.7. The Labute approximate surface area is 196 Å². The normalized spacial score (nSPS) is 20.5. The van der Waals surface area contributed by atoms with E-state index in [1.54, 1.807) is 30.3 Å². The number of Topliss-reactive ketones (excluding diaryl/α,β-unsaturated/α-hetero) is 1. The number of aliphatic hydroxyl groups is 1. The zero-order valence-electron chi connectivity index (χ0n) is 18.7. The number of non-ortho nitro benzene ring substituents is 1. The number of hydrogen-bond donors (Lipinski definition) is 1. The largest absolute Gasteiger partial charge is 0.507 e. The minimum atomic E-state index is -0.956. The van der Waals surface area contributed by atoms with Gasteiger partial charge in [-0.25, -0.2) is 0 Å². The number of benzene rings is 2. The first-order chi connectivity index (χ1) is 16.4. The Morgan fingerprint density at radius 2 is 1.85 bits per heavy atom. The first-order valence-corrected chi connectivity index (χ1v) is 10.9. The van der Waals surface area contributed by atoms with Crippen molar-refractivity contribution in [1.29, 1.82) is 0 Å². The van der Waals surface area contributed by atoms with Gasteiger partial charge in [0.25, 0.3) is 17.4 Å². The molecule has 0 aliphatic carbocycles. The fourth-order valence-electron chi connectivity index (χ4n) is 4.24. The molecule has 2 aromatic carbocycles. The first kappa shape index (κ1) is 23.4. The number of nitro benzene ring substituents is 1. The summed E-state index contributed by atoms with van der Waals surface area (Å²) in [5.74, 6) is -1.35. The van der Waals surface area contributed by atoms with Crippen LogP contribution >= 0.6 is 0 Å². The summed E-state index contributed by atoms with van der Waals surface area (Å²) in [6.07, 6.45) is 0. The van der Waals surface area contributed by atoms with Crippen LogP contribution in [0.3, 0.4) is 0 Å². The Kier molecular flexibility index (Phi) is 6.90. The summed E-state index contributed by atoms with van der Waals surface area (Å²) in [5.41, 5.74) is 0.450. The van der Waals surface area contributed by atoms with Crippen molar-refractivity contribution in [2.24, 2.45) is 0 Å². The van der Waals surface area contributed by atoms with E-state index in [0.717, 1.165) is 0 Å². The standard InChI is InChI=1S/C24H25N3O7/c1-33-19-7-5-16(6-8-19)22(28)20-21(17-3-2-4-18(15-17)27(31)32)26(24(30)23(20)29)10-9-25-11-13-34-14-12-25/h2-8,15,21,28H,9-14H2,1H3/t21-/m0/s1. The average molecular weight is 467 g/mol. The lowest BCUT2D eigenvalue weighted by molar-refractivity contribution is -0.384. The molecule has 2 aromatic rings. The van der Waals surface area contributed by atoms with E-state index < -0.39 is 22.7 Å². The van der Waals surface area contributed by atoms with Crippen molar-refractivity contribution in [3.63, 3.8) is 0 Å². The molecule has 2 aliphatic heterocycles. The highest BCUT2D eigenvalue weighted by Crippen LogP contribution is 2.40. The van der Waals surface area contributed by atoms with E-state index in [4.69, 9.17) is 9.47 Å². The number of carbonyl (C=O) groups is 2. The maximum absolute atomic E-state index is 13.1. The quantitative estimate of drug-likeness (QED) is 0.217. The van der Waals surface area contributed by atoms with E-state index in [0.29, 0.717) is 49.7 Å². The second-order valence-corrected chi connectivity index (χ2v) is 8.03. The number of carbonyl (C=O) groups excluding carboxylic acids is 2. The molecule has 0 bridgehead atoms. The number of rotatable bonds is 7. The van der Waals surface area contributed by atoms with Gasteiger partial charge in [0, 0.05) is 43.9 Å². The monoisotopic (exact) mass is 467 g/mol. The SMILES string of the molecule is COc1ccc(C(O)=C2C(=O)C(=O)N(CCN3CCOCC3)[C@H]2c2cccc([N+](=O)[O-])c2)cc1. The summed E-state index contributed by atoms with van der Waals surface area (Å²) >= 11 is 0. The Morgan fingerprint density at radius 1 is 1.15 bits per heavy atom. The summed E-state index contributed by atoms with van der Waals surface area (Å²) in [6, 6.07) is 11.3. The highest BCUT2D eigenvalue weighted by atomic mass is 16.6. The molecule has 0 unspecified atom stereocenters. The van der Waals surface area contributed by atoms with Crippen LogP contribution in [-0.2, 0) is 14.3 Å². The lowest BCUT2D eigenvalue weighted by atomic mass is 9.95. The van der Waals surface area contributed by atoms with Crippen LogP contribution in [-0.4, -0.2) is 78.0 Å². The molecule has 10 heteroatoms. The van der Waals surface area contributed by atoms with Gasteiger partial charge in [-0.15, -0.1) is 0 Å². The van der Waals surface area contributed by atoms with Gasteiger partial charge in [0.15, 0.2) is 0 Å². The molecule has 1 amide bonds. The molecule has 1 atom stereocenters. The second kappa shape index (κ2) is 10.0. The molecule has 0 radical (unpaired) electrons. The van der Waals surface area contributed by atoms with Crippen LogP contribution in [0.25, 0.3) is 5.76 Å². The van der Waals surface area contributed by atoms with Gasteiger partial charge in [0.05, 0.1) is 36.9 Å². The summed E-state index contributed by atoms with van der Waals surface area (Å²) < 4.78 is 10.5. The zero-order chi connectivity index (χ0) is 24.2. The molecule has 2 saturated heterocycles. The smallest absolute Gasteiger partial charge is 0.295 e. The number of ketones is 1. The minimum absolute atomic E-state index is 0.0994. The second-order valence-electron chi connectivity index (χ2n) is 8.03. The van der Waals surface area contributed by atoms with Gasteiger partial charge in [0.2, 0.25) is 0 Å². The Balaban J connectivity index is 1.76. The molecule has 0 spiro atoms. The van der Waals surface area contributed by atoms with E-state index in [2.05, 4.69) is 4.90 Å². The summed E-state index contributed by atoms with van der Waals surface area (Å²) in [4.78, 5) is 40.5. The molecular weight excluding hydrogens is 442 g/mol. The lowest BCUT2D eigenvalue weighted by Crippen LogP contribution is -2.42. The third-order valence-electron chi connectivity index (χ3n) is 6.06. The third-order valence-corrected chi connectivity index (χ3v) is 6.06. The van der Waals surface area contributed by atoms with Crippen molar-refractivity contribution in [2.75, 3.05) is 46.5 Å². The van der Waals surface area contributed by atoms with Crippen LogP contribution in [0.15, 0.2) is 54.1 Å². The Hall–Kier alpha value is -3.76. The van der Waals surface area contributed by atoms with Crippen molar-refractivity contribution >= 4 is 23.1 Å². The van der Waals surface area contributed by atoms with E-state index in [1.165, 1.54) is 30.2 Å². The third kappa shape index (κ3) is 4.63. The fourth-order valence-corrected chi connectivity index (χ4v) is 4.24. The Bertz CT molecular complexity index is 1120. The maximum atomic E-state index is 13.1. The molecule has 10 nitrogen and oxygen atoms in total. The molecule has 178 valence electrons. The van der Waals surface area contributed by atoms with Crippen molar-refractivity contribution < 1.29 is 29.1 Å². The highest BCUT2D eigenvalue weighted by molar-refractivity contribution is 6.46. The van der Waals surface area contributed by atoms with Gasteiger partial charge in [-0.05, 0) is 29.8 Å². The van der Waals surface area contributed by atoms with E-state index >= 15 is 0 Å². The predicted molar refractivity (Wildman–Crippen MR) is 122 cm³/mol. The van der Waals surface area contributed by atoms with Gasteiger partial charge < -0.3 is 19.5 Å². The van der Waals surface area contributed by atoms with E-state index in [9.17, 15) is 24.8 Å². The van der Waals surface area contributed by atoms with Crippen molar-refractivity contribution in [2.45, 2.75) is 6.04 Å². The molecule has 2 heterocycles. The fraction of sp³-hybridized carbons (Fsp3) is 0.333. The van der Waals surface area contributed by atoms with Crippen LogP contribution in [0.2, 0.25) is 0 Å². The van der Waals surface area contributed by atoms with Crippen LogP contribution in [0, 0.1) is 10.1 Å². The number of methoxy groups -OCH3 is 1. The summed E-state index contributed by atoms with van der Waals surface area (Å²) in [7, 11) is 1.51. The number of amides is 1. The number of ether oxygens (including phenoxy) is 2. The van der Waals surface area contributed by atoms with Gasteiger partial charge in [-0.3, -0.25) is 24.6 Å². The molecule has 1 N–H and O–H groups in total. The van der Waals surface area contributed by atoms with Crippen molar-refractivity contribution in [3.05, 3.63) is 75.3 Å². The molecule has 0 aromatic heterocycles. The highest BCUT2D eigenvalue weighted by Gasteiger charge is 2.46. The van der Waals surface area contributed by atoms with Gasteiger partial charge in [0.1, 0.15) is 11.5 Å². The van der Waals surface area contributed by atoms with E-state index in [1.807, 2.05) is 0 Å². The van der Waals surface area contributed by atoms with Gasteiger partial charge in [-0.1, -0.05) is 12.1 Å². The topological polar surface area (TPSA) is 122 Å². The minimum Gasteiger partial charge on any atom is -0.507 e. The van der Waals surface area contributed by atoms with Gasteiger partial charge >= 0.3 is 0 Å². The summed E-state index contributed by atoms with van der Waals surface area (Å²) in [5, 5.41) is 22.5. The first-order valence-electron chi connectivity index (χ1n) is 10.9. The average Bonchev–Trinajstić information content (AvgIpc) is 3.12. The number of morpholine rings is 1. The van der Waals surface area contributed by atoms with Crippen LogP contribution in [0.4, 0.5) is 5.69 Å². The number of aliphatic hydroxyl groups excluding tert-OH is 1. The lowest BCUT2D eigenvalue weighted by Gasteiger charge is -2.31. The molecule has 4 rings (SSSR count). The number of hydrogen-bond acceptors (Lipinski definition) is 8. The molecule has 34 heavy (non-hydrogen) atoms.